The minimum atomic E-state index is -0.383. The predicted molar refractivity (Wildman–Crippen MR) is 115 cm³/mol. The molecule has 0 saturated carbocycles. The van der Waals surface area contributed by atoms with E-state index < -0.39 is 0 Å². The van der Waals surface area contributed by atoms with Crippen LogP contribution in [0.3, 0.4) is 0 Å². The van der Waals surface area contributed by atoms with Gasteiger partial charge in [-0.1, -0.05) is 0 Å². The topological polar surface area (TPSA) is 76.5 Å². The predicted octanol–water partition coefficient (Wildman–Crippen LogP) is 3.46. The number of methoxy groups -OCH3 is 1. The molecule has 4 rings (SSSR count). The molecular formula is C23H23FN4O3. The van der Waals surface area contributed by atoms with Gasteiger partial charge in [0.2, 0.25) is 0 Å². The number of ether oxygens (including phenoxy) is 1. The zero-order valence-electron chi connectivity index (χ0n) is 17.6. The van der Waals surface area contributed by atoms with E-state index in [1.54, 1.807) is 49.1 Å². The van der Waals surface area contributed by atoms with E-state index in [2.05, 4.69) is 10.4 Å². The molecule has 7 nitrogen and oxygen atoms in total. The first-order valence-corrected chi connectivity index (χ1v) is 9.96. The van der Waals surface area contributed by atoms with Crippen LogP contribution in [0, 0.1) is 5.82 Å². The first kappa shape index (κ1) is 20.6. The molecule has 0 saturated heterocycles. The van der Waals surface area contributed by atoms with Gasteiger partial charge in [0.25, 0.3) is 11.8 Å². The molecule has 31 heavy (non-hydrogen) atoms. The second-order valence-corrected chi connectivity index (χ2v) is 7.58. The Bertz CT molecular complexity index is 1150. The lowest BCUT2D eigenvalue weighted by Crippen LogP contribution is -2.22. The Morgan fingerprint density at radius 3 is 2.55 bits per heavy atom. The zero-order chi connectivity index (χ0) is 22.1. The highest BCUT2D eigenvalue weighted by molar-refractivity contribution is 6.06. The van der Waals surface area contributed by atoms with Crippen molar-refractivity contribution in [1.29, 1.82) is 0 Å². The fourth-order valence-corrected chi connectivity index (χ4v) is 3.79. The van der Waals surface area contributed by atoms with Gasteiger partial charge in [0, 0.05) is 30.9 Å². The van der Waals surface area contributed by atoms with E-state index in [9.17, 15) is 14.0 Å². The quantitative estimate of drug-likeness (QED) is 0.683. The molecule has 0 atom stereocenters. The molecule has 0 unspecified atom stereocenters. The van der Waals surface area contributed by atoms with Crippen LogP contribution in [0.5, 0.6) is 5.75 Å². The lowest BCUT2D eigenvalue weighted by atomic mass is 10.1. The number of hydrogen-bond donors (Lipinski definition) is 1. The zero-order valence-corrected chi connectivity index (χ0v) is 17.6. The summed E-state index contributed by atoms with van der Waals surface area (Å²) in [4.78, 5) is 26.9. The van der Waals surface area contributed by atoms with Crippen molar-refractivity contribution in [3.8, 4) is 11.4 Å². The van der Waals surface area contributed by atoms with Crippen LogP contribution in [0.2, 0.25) is 0 Å². The van der Waals surface area contributed by atoms with Crippen molar-refractivity contribution in [1.82, 2.24) is 14.7 Å². The molecule has 1 aliphatic carbocycles. The Morgan fingerprint density at radius 1 is 1.13 bits per heavy atom. The number of carbonyl (C=O) groups is 2. The summed E-state index contributed by atoms with van der Waals surface area (Å²) in [5.41, 5.74) is 3.70. The highest BCUT2D eigenvalue weighted by Gasteiger charge is 2.27. The van der Waals surface area contributed by atoms with E-state index in [0.717, 1.165) is 30.5 Å². The number of nitrogens with zero attached hydrogens (tertiary/aromatic N) is 3. The van der Waals surface area contributed by atoms with Crippen molar-refractivity contribution in [3.63, 3.8) is 0 Å². The maximum Gasteiger partial charge on any atom is 0.276 e. The number of aromatic nitrogens is 2. The molecule has 8 heteroatoms. The van der Waals surface area contributed by atoms with E-state index in [1.165, 1.54) is 24.1 Å². The highest BCUT2D eigenvalue weighted by Crippen LogP contribution is 2.30. The molecule has 0 spiro atoms. The fraction of sp³-hybridized carbons (Fsp3) is 0.261. The number of amides is 2. The molecule has 0 bridgehead atoms. The maximum atomic E-state index is 13.3. The number of rotatable bonds is 5. The lowest BCUT2D eigenvalue weighted by Gasteiger charge is -2.14. The van der Waals surface area contributed by atoms with Crippen LogP contribution in [-0.4, -0.2) is 47.7 Å². The molecule has 0 fully saturated rings. The number of anilines is 1. The number of hydrogen-bond acceptors (Lipinski definition) is 4. The minimum absolute atomic E-state index is 0.181. The van der Waals surface area contributed by atoms with Crippen LogP contribution in [0.4, 0.5) is 10.1 Å². The van der Waals surface area contributed by atoms with Crippen LogP contribution in [0.1, 0.15) is 38.5 Å². The third-order valence-corrected chi connectivity index (χ3v) is 5.32. The van der Waals surface area contributed by atoms with E-state index in [0.29, 0.717) is 28.4 Å². The summed E-state index contributed by atoms with van der Waals surface area (Å²) in [5, 5.41) is 7.38. The van der Waals surface area contributed by atoms with Gasteiger partial charge in [-0.05, 0) is 61.7 Å². The van der Waals surface area contributed by atoms with Crippen molar-refractivity contribution in [3.05, 3.63) is 70.8 Å². The van der Waals surface area contributed by atoms with Gasteiger partial charge in [-0.25, -0.2) is 9.07 Å². The smallest absolute Gasteiger partial charge is 0.276 e. The Hall–Kier alpha value is -3.68. The van der Waals surface area contributed by atoms with Crippen LogP contribution in [0.25, 0.3) is 5.69 Å². The Kier molecular flexibility index (Phi) is 5.46. The maximum absolute atomic E-state index is 13.3. The molecule has 1 aromatic heterocycles. The Balaban J connectivity index is 1.68. The normalized spacial score (nSPS) is 12.4. The number of benzene rings is 2. The van der Waals surface area contributed by atoms with Crippen molar-refractivity contribution in [2.45, 2.75) is 19.3 Å². The van der Waals surface area contributed by atoms with E-state index >= 15 is 0 Å². The van der Waals surface area contributed by atoms with Crippen molar-refractivity contribution < 1.29 is 18.7 Å². The number of carbonyl (C=O) groups excluding carboxylic acids is 2. The summed E-state index contributed by atoms with van der Waals surface area (Å²) >= 11 is 0. The van der Waals surface area contributed by atoms with Gasteiger partial charge in [0.1, 0.15) is 11.6 Å². The molecule has 1 N–H and O–H groups in total. The monoisotopic (exact) mass is 422 g/mol. The van der Waals surface area contributed by atoms with Crippen molar-refractivity contribution in [2.24, 2.45) is 0 Å². The average Bonchev–Trinajstić information content (AvgIpc) is 3.36. The third kappa shape index (κ3) is 3.88. The van der Waals surface area contributed by atoms with E-state index in [4.69, 9.17) is 4.74 Å². The number of fused-ring (bicyclic) bond motifs is 1. The molecule has 2 aromatic carbocycles. The lowest BCUT2D eigenvalue weighted by molar-refractivity contribution is 0.0827. The van der Waals surface area contributed by atoms with Gasteiger partial charge in [-0.15, -0.1) is 0 Å². The largest absolute Gasteiger partial charge is 0.495 e. The van der Waals surface area contributed by atoms with Crippen LogP contribution < -0.4 is 10.1 Å². The molecule has 1 aliphatic rings. The summed E-state index contributed by atoms with van der Waals surface area (Å²) in [5.74, 6) is -0.450. The molecule has 1 heterocycles. The van der Waals surface area contributed by atoms with Gasteiger partial charge in [-0.3, -0.25) is 9.59 Å². The van der Waals surface area contributed by atoms with Gasteiger partial charge in [0.05, 0.1) is 18.5 Å². The van der Waals surface area contributed by atoms with Gasteiger partial charge < -0.3 is 15.0 Å². The number of halogens is 1. The first-order valence-electron chi connectivity index (χ1n) is 9.96. The average molecular weight is 422 g/mol. The van der Waals surface area contributed by atoms with Gasteiger partial charge in [-0.2, -0.15) is 5.10 Å². The SMILES string of the molecule is COc1ccc(C(=O)N(C)C)cc1NC(=O)c1nn(-c2ccc(F)cc2)c2c1CCC2. The summed E-state index contributed by atoms with van der Waals surface area (Å²) in [7, 11) is 4.83. The van der Waals surface area contributed by atoms with Crippen molar-refractivity contribution >= 4 is 17.5 Å². The van der Waals surface area contributed by atoms with Crippen molar-refractivity contribution in [2.75, 3.05) is 26.5 Å². The Morgan fingerprint density at radius 2 is 1.87 bits per heavy atom. The molecule has 0 radical (unpaired) electrons. The summed E-state index contributed by atoms with van der Waals surface area (Å²) in [6, 6.07) is 10.9. The van der Waals surface area contributed by atoms with Crippen LogP contribution >= 0.6 is 0 Å². The Labute approximate surface area is 179 Å². The minimum Gasteiger partial charge on any atom is -0.495 e. The third-order valence-electron chi connectivity index (χ3n) is 5.32. The van der Waals surface area contributed by atoms with E-state index in [1.807, 2.05) is 0 Å². The molecule has 160 valence electrons. The number of nitrogens with one attached hydrogen (secondary N) is 1. The molecular weight excluding hydrogens is 399 g/mol. The molecule has 0 aliphatic heterocycles. The summed E-state index contributed by atoms with van der Waals surface area (Å²) in [6.07, 6.45) is 2.46. The first-order chi connectivity index (χ1) is 14.9. The molecule has 3 aromatic rings. The molecule has 2 amide bonds. The summed E-state index contributed by atoms with van der Waals surface area (Å²) < 4.78 is 20.4. The standard InChI is InChI=1S/C23H23FN4O3/c1-27(2)23(30)14-7-12-20(31-3)18(13-14)25-22(29)21-17-5-4-6-19(17)28(26-21)16-10-8-15(24)9-11-16/h7-13H,4-6H2,1-3H3,(H,25,29). The van der Waals surface area contributed by atoms with Crippen LogP contribution in [-0.2, 0) is 12.8 Å². The second kappa shape index (κ2) is 8.22. The fourth-order valence-electron chi connectivity index (χ4n) is 3.79. The summed E-state index contributed by atoms with van der Waals surface area (Å²) in [6.45, 7) is 0. The second-order valence-electron chi connectivity index (χ2n) is 7.58. The van der Waals surface area contributed by atoms with E-state index in [-0.39, 0.29) is 17.6 Å². The van der Waals surface area contributed by atoms with Gasteiger partial charge >= 0.3 is 0 Å². The highest BCUT2D eigenvalue weighted by atomic mass is 19.1. The van der Waals surface area contributed by atoms with Crippen LogP contribution in [0.15, 0.2) is 42.5 Å². The van der Waals surface area contributed by atoms with Gasteiger partial charge in [0.15, 0.2) is 5.69 Å².